The van der Waals surface area contributed by atoms with Crippen molar-refractivity contribution < 1.29 is 0 Å². The lowest BCUT2D eigenvalue weighted by atomic mass is 10.1. The van der Waals surface area contributed by atoms with Crippen LogP contribution in [-0.4, -0.2) is 17.0 Å². The number of nitrogens with zero attached hydrogens (tertiary/aromatic N) is 2. The topological polar surface area (TPSA) is 49.8 Å². The average Bonchev–Trinajstić information content (AvgIpc) is 2.37. The van der Waals surface area contributed by atoms with Crippen molar-refractivity contribution in [1.29, 1.82) is 0 Å². The Morgan fingerprint density at radius 2 is 1.79 bits per heavy atom. The molecule has 0 fully saturated rings. The molecular weight excluding hydrogens is 236 g/mol. The summed E-state index contributed by atoms with van der Waals surface area (Å²) >= 11 is 0. The first kappa shape index (κ1) is 13.5. The summed E-state index contributed by atoms with van der Waals surface area (Å²) in [6, 6.07) is 6.23. The second kappa shape index (κ2) is 5.80. The fourth-order valence-electron chi connectivity index (χ4n) is 1.95. The Morgan fingerprint density at radius 3 is 2.53 bits per heavy atom. The van der Waals surface area contributed by atoms with Gasteiger partial charge in [-0.2, -0.15) is 0 Å². The number of aryl methyl sites for hydroxylation is 3. The van der Waals surface area contributed by atoms with Crippen molar-refractivity contribution in [2.75, 3.05) is 12.4 Å². The molecule has 2 aromatic rings. The lowest BCUT2D eigenvalue weighted by Crippen LogP contribution is -2.09. The minimum atomic E-state index is 0.668. The van der Waals surface area contributed by atoms with E-state index in [4.69, 9.17) is 0 Å². The van der Waals surface area contributed by atoms with Crippen LogP contribution in [0.2, 0.25) is 0 Å². The second-order valence-corrected chi connectivity index (χ2v) is 4.76. The van der Waals surface area contributed by atoms with Crippen LogP contribution >= 0.6 is 0 Å². The van der Waals surface area contributed by atoms with Crippen molar-refractivity contribution in [1.82, 2.24) is 15.3 Å². The first-order valence-electron chi connectivity index (χ1n) is 6.41. The van der Waals surface area contributed by atoms with E-state index < -0.39 is 0 Å². The van der Waals surface area contributed by atoms with E-state index >= 15 is 0 Å². The highest BCUT2D eigenvalue weighted by molar-refractivity contribution is 5.62. The predicted molar refractivity (Wildman–Crippen MR) is 78.7 cm³/mol. The van der Waals surface area contributed by atoms with Crippen molar-refractivity contribution in [3.63, 3.8) is 0 Å². The lowest BCUT2D eigenvalue weighted by molar-refractivity contribution is 0.759. The minimum Gasteiger partial charge on any atom is -0.340 e. The fourth-order valence-corrected chi connectivity index (χ4v) is 1.95. The molecule has 0 saturated carbocycles. The Labute approximate surface area is 114 Å². The maximum absolute atomic E-state index is 4.47. The predicted octanol–water partition coefficient (Wildman–Crippen LogP) is 2.86. The van der Waals surface area contributed by atoms with Crippen LogP contribution in [-0.2, 0) is 6.54 Å². The average molecular weight is 256 g/mol. The summed E-state index contributed by atoms with van der Waals surface area (Å²) in [6.45, 7) is 7.01. The Bertz CT molecular complexity index is 578. The van der Waals surface area contributed by atoms with Gasteiger partial charge in [-0.1, -0.05) is 6.07 Å². The second-order valence-electron chi connectivity index (χ2n) is 4.76. The van der Waals surface area contributed by atoms with E-state index in [2.05, 4.69) is 53.5 Å². The third-order valence-electron chi connectivity index (χ3n) is 3.14. The zero-order chi connectivity index (χ0) is 13.8. The number of aromatic nitrogens is 2. The van der Waals surface area contributed by atoms with E-state index in [1.807, 2.05) is 13.1 Å². The number of hydrogen-bond acceptors (Lipinski definition) is 4. The van der Waals surface area contributed by atoms with Crippen LogP contribution < -0.4 is 10.6 Å². The van der Waals surface area contributed by atoms with Crippen molar-refractivity contribution in [3.8, 4) is 0 Å². The zero-order valence-corrected chi connectivity index (χ0v) is 11.9. The summed E-state index contributed by atoms with van der Waals surface area (Å²) in [5, 5.41) is 6.41. The van der Waals surface area contributed by atoms with Crippen LogP contribution in [0.15, 0.2) is 24.4 Å². The Kier molecular flexibility index (Phi) is 4.12. The van der Waals surface area contributed by atoms with Crippen LogP contribution in [0.5, 0.6) is 0 Å². The molecule has 0 radical (unpaired) electrons. The molecule has 0 bridgehead atoms. The smallest absolute Gasteiger partial charge is 0.144 e. The molecule has 1 aromatic heterocycles. The molecule has 100 valence electrons. The first-order chi connectivity index (χ1) is 9.10. The van der Waals surface area contributed by atoms with Crippen LogP contribution in [0, 0.1) is 20.8 Å². The molecule has 0 aliphatic heterocycles. The summed E-state index contributed by atoms with van der Waals surface area (Å²) in [5.74, 6) is 1.61. The molecule has 19 heavy (non-hydrogen) atoms. The van der Waals surface area contributed by atoms with Gasteiger partial charge in [-0.3, -0.25) is 0 Å². The summed E-state index contributed by atoms with van der Waals surface area (Å²) in [6.07, 6.45) is 1.78. The summed E-state index contributed by atoms with van der Waals surface area (Å²) < 4.78 is 0. The first-order valence-corrected chi connectivity index (χ1v) is 6.41. The number of rotatable bonds is 4. The SMILES string of the molecule is CNCc1nccc(Nc2cc(C)c(C)cc2C)n1. The molecule has 0 unspecified atom stereocenters. The largest absolute Gasteiger partial charge is 0.340 e. The van der Waals surface area contributed by atoms with Gasteiger partial charge in [-0.25, -0.2) is 9.97 Å². The van der Waals surface area contributed by atoms with E-state index in [1.54, 1.807) is 6.20 Å². The standard InChI is InChI=1S/C15H20N4/c1-10-7-12(3)13(8-11(10)2)18-14-5-6-17-15(19-14)9-16-4/h5-8,16H,9H2,1-4H3,(H,17,18,19). The molecule has 1 aromatic carbocycles. The molecule has 4 heteroatoms. The van der Waals surface area contributed by atoms with E-state index in [0.717, 1.165) is 17.3 Å². The van der Waals surface area contributed by atoms with Crippen LogP contribution in [0.4, 0.5) is 11.5 Å². The zero-order valence-electron chi connectivity index (χ0n) is 11.9. The normalized spacial score (nSPS) is 10.5. The van der Waals surface area contributed by atoms with E-state index in [1.165, 1.54) is 16.7 Å². The summed E-state index contributed by atoms with van der Waals surface area (Å²) in [7, 11) is 1.89. The monoisotopic (exact) mass is 256 g/mol. The van der Waals surface area contributed by atoms with E-state index in [0.29, 0.717) is 6.54 Å². The van der Waals surface area contributed by atoms with E-state index in [9.17, 15) is 0 Å². The van der Waals surface area contributed by atoms with Gasteiger partial charge in [0.05, 0.1) is 6.54 Å². The Morgan fingerprint density at radius 1 is 1.05 bits per heavy atom. The molecule has 0 aliphatic carbocycles. The van der Waals surface area contributed by atoms with Gasteiger partial charge in [0, 0.05) is 11.9 Å². The van der Waals surface area contributed by atoms with Gasteiger partial charge in [0.1, 0.15) is 11.6 Å². The Hall–Kier alpha value is -1.94. The third kappa shape index (κ3) is 3.29. The molecule has 0 spiro atoms. The van der Waals surface area contributed by atoms with Crippen LogP contribution in [0.1, 0.15) is 22.5 Å². The van der Waals surface area contributed by atoms with Crippen molar-refractivity contribution in [2.24, 2.45) is 0 Å². The number of anilines is 2. The van der Waals surface area contributed by atoms with E-state index in [-0.39, 0.29) is 0 Å². The molecule has 0 saturated heterocycles. The van der Waals surface area contributed by atoms with Gasteiger partial charge < -0.3 is 10.6 Å². The molecule has 2 N–H and O–H groups in total. The maximum atomic E-state index is 4.47. The fraction of sp³-hybridized carbons (Fsp3) is 0.333. The molecule has 0 amide bonds. The summed E-state index contributed by atoms with van der Waals surface area (Å²) in [4.78, 5) is 8.68. The van der Waals surface area contributed by atoms with Crippen LogP contribution in [0.3, 0.4) is 0 Å². The van der Waals surface area contributed by atoms with Crippen molar-refractivity contribution in [3.05, 3.63) is 46.9 Å². The molecule has 1 heterocycles. The van der Waals surface area contributed by atoms with Gasteiger partial charge in [0.25, 0.3) is 0 Å². The van der Waals surface area contributed by atoms with Crippen molar-refractivity contribution in [2.45, 2.75) is 27.3 Å². The van der Waals surface area contributed by atoms with Gasteiger partial charge >= 0.3 is 0 Å². The highest BCUT2D eigenvalue weighted by Gasteiger charge is 2.04. The third-order valence-corrected chi connectivity index (χ3v) is 3.14. The quantitative estimate of drug-likeness (QED) is 0.883. The van der Waals surface area contributed by atoms with Gasteiger partial charge in [0.15, 0.2) is 0 Å². The lowest BCUT2D eigenvalue weighted by Gasteiger charge is -2.12. The molecular formula is C15H20N4. The van der Waals surface area contributed by atoms with Crippen LogP contribution in [0.25, 0.3) is 0 Å². The molecule has 2 rings (SSSR count). The molecule has 0 aliphatic rings. The summed E-state index contributed by atoms with van der Waals surface area (Å²) in [5.41, 5.74) is 4.90. The number of hydrogen-bond donors (Lipinski definition) is 2. The van der Waals surface area contributed by atoms with Crippen molar-refractivity contribution >= 4 is 11.5 Å². The number of nitrogens with one attached hydrogen (secondary N) is 2. The van der Waals surface area contributed by atoms with Gasteiger partial charge in [-0.15, -0.1) is 0 Å². The highest BCUT2D eigenvalue weighted by atomic mass is 15.0. The maximum Gasteiger partial charge on any atom is 0.144 e. The van der Waals surface area contributed by atoms with Gasteiger partial charge in [-0.05, 0) is 56.6 Å². The molecule has 0 atom stereocenters. The minimum absolute atomic E-state index is 0.668. The van der Waals surface area contributed by atoms with Gasteiger partial charge in [0.2, 0.25) is 0 Å². The molecule has 4 nitrogen and oxygen atoms in total. The Balaban J connectivity index is 2.25. The number of benzene rings is 1. The highest BCUT2D eigenvalue weighted by Crippen LogP contribution is 2.22.